The Morgan fingerprint density at radius 3 is 2.35 bits per heavy atom. The molecule has 0 aromatic heterocycles. The molecule has 2 rings (SSSR count). The Morgan fingerprint density at radius 2 is 1.74 bits per heavy atom. The van der Waals surface area contributed by atoms with Gasteiger partial charge in [-0.25, -0.2) is 0 Å². The van der Waals surface area contributed by atoms with Crippen LogP contribution in [0.25, 0.3) is 5.70 Å². The summed E-state index contributed by atoms with van der Waals surface area (Å²) in [6.45, 7) is 5.39. The van der Waals surface area contributed by atoms with Gasteiger partial charge in [0, 0.05) is 22.8 Å². The molecule has 0 aliphatic carbocycles. The van der Waals surface area contributed by atoms with Crippen molar-refractivity contribution in [3.63, 3.8) is 0 Å². The van der Waals surface area contributed by atoms with Crippen LogP contribution < -0.4 is 10.9 Å². The predicted octanol–water partition coefficient (Wildman–Crippen LogP) is 2.51. The summed E-state index contributed by atoms with van der Waals surface area (Å²) in [5.41, 5.74) is 6.74. The maximum atomic E-state index is 11.9. The Balaban J connectivity index is 2.05. The number of carbonyl (C=O) groups excluding carboxylic acids is 1. The minimum absolute atomic E-state index is 0.0182. The Morgan fingerprint density at radius 1 is 1.13 bits per heavy atom. The highest BCUT2D eigenvalue weighted by Crippen LogP contribution is 2.22. The zero-order valence-electron chi connectivity index (χ0n) is 12.4. The van der Waals surface area contributed by atoms with Crippen molar-refractivity contribution >= 4 is 17.3 Å². The average Bonchev–Trinajstić information content (AvgIpc) is 2.53. The van der Waals surface area contributed by atoms with E-state index < -0.39 is 10.8 Å². The summed E-state index contributed by atoms with van der Waals surface area (Å²) in [5.74, 6) is -0.362. The van der Waals surface area contributed by atoms with Crippen LogP contribution in [0.3, 0.4) is 0 Å². The Bertz CT molecular complexity index is 769. The summed E-state index contributed by atoms with van der Waals surface area (Å²) in [4.78, 5) is 22.4. The van der Waals surface area contributed by atoms with Crippen LogP contribution >= 0.6 is 0 Å². The van der Waals surface area contributed by atoms with Crippen LogP contribution in [0.4, 0.5) is 5.69 Å². The lowest BCUT2D eigenvalue weighted by atomic mass is 10.1. The third-order valence-corrected chi connectivity index (χ3v) is 3.21. The van der Waals surface area contributed by atoms with Crippen LogP contribution in [0.1, 0.15) is 21.5 Å². The van der Waals surface area contributed by atoms with E-state index in [0.717, 1.165) is 0 Å². The molecule has 3 N–H and O–H groups in total. The van der Waals surface area contributed by atoms with Gasteiger partial charge in [-0.05, 0) is 31.2 Å². The van der Waals surface area contributed by atoms with E-state index in [1.165, 1.54) is 30.3 Å². The van der Waals surface area contributed by atoms with Gasteiger partial charge in [0.2, 0.25) is 0 Å². The van der Waals surface area contributed by atoms with Gasteiger partial charge in [0.15, 0.2) is 0 Å². The number of phenols is 1. The number of hydrazine groups is 1. The standard InChI is InChI=1S/C16H15N3O4/c1-10-3-4-13(9-15(10)19(22)23)11(2)17-18-16(21)12-5-7-14(20)8-6-12/h3-9,17,20H,2H2,1H3,(H,18,21). The lowest BCUT2D eigenvalue weighted by Gasteiger charge is -2.11. The van der Waals surface area contributed by atoms with Crippen molar-refractivity contribution in [2.45, 2.75) is 6.92 Å². The number of rotatable bonds is 5. The first-order chi connectivity index (χ1) is 10.9. The number of nitro benzene ring substituents is 1. The third kappa shape index (κ3) is 3.85. The van der Waals surface area contributed by atoms with Gasteiger partial charge < -0.3 is 5.11 Å². The number of nitrogens with one attached hydrogen (secondary N) is 2. The zero-order valence-corrected chi connectivity index (χ0v) is 12.4. The fourth-order valence-corrected chi connectivity index (χ4v) is 1.88. The highest BCUT2D eigenvalue weighted by molar-refractivity contribution is 5.94. The summed E-state index contributed by atoms with van der Waals surface area (Å²) in [5, 5.41) is 20.1. The fraction of sp³-hybridized carbons (Fsp3) is 0.0625. The SMILES string of the molecule is C=C(NNC(=O)c1ccc(O)cc1)c1ccc(C)c([N+](=O)[O-])c1. The number of aryl methyl sites for hydroxylation is 1. The van der Waals surface area contributed by atoms with Gasteiger partial charge in [-0.15, -0.1) is 0 Å². The average molecular weight is 313 g/mol. The molecular formula is C16H15N3O4. The Hall–Kier alpha value is -3.35. The molecule has 0 radical (unpaired) electrons. The monoisotopic (exact) mass is 313 g/mol. The fourth-order valence-electron chi connectivity index (χ4n) is 1.88. The summed E-state index contributed by atoms with van der Waals surface area (Å²) < 4.78 is 0. The van der Waals surface area contributed by atoms with Gasteiger partial charge in [-0.2, -0.15) is 0 Å². The molecule has 0 aliphatic heterocycles. The van der Waals surface area contributed by atoms with E-state index in [-0.39, 0.29) is 11.4 Å². The van der Waals surface area contributed by atoms with Crippen LogP contribution in [0.2, 0.25) is 0 Å². The van der Waals surface area contributed by atoms with E-state index in [1.807, 2.05) is 0 Å². The minimum atomic E-state index is -0.471. The maximum Gasteiger partial charge on any atom is 0.272 e. The molecule has 0 spiro atoms. The van der Waals surface area contributed by atoms with Gasteiger partial charge in [0.1, 0.15) is 5.75 Å². The molecule has 7 heteroatoms. The number of hydrogen-bond donors (Lipinski definition) is 3. The first kappa shape index (κ1) is 16.0. The molecule has 7 nitrogen and oxygen atoms in total. The van der Waals surface area contributed by atoms with Gasteiger partial charge in [-0.3, -0.25) is 25.8 Å². The van der Waals surface area contributed by atoms with Gasteiger partial charge in [-0.1, -0.05) is 18.7 Å². The highest BCUT2D eigenvalue weighted by Gasteiger charge is 2.13. The summed E-state index contributed by atoms with van der Waals surface area (Å²) in [6, 6.07) is 10.4. The molecule has 0 unspecified atom stereocenters. The normalized spacial score (nSPS) is 9.96. The van der Waals surface area contributed by atoms with Crippen molar-refractivity contribution in [2.75, 3.05) is 0 Å². The van der Waals surface area contributed by atoms with Crippen molar-refractivity contribution in [3.8, 4) is 5.75 Å². The Labute approximate surface area is 132 Å². The van der Waals surface area contributed by atoms with Crippen molar-refractivity contribution < 1.29 is 14.8 Å². The van der Waals surface area contributed by atoms with E-state index in [9.17, 15) is 20.0 Å². The third-order valence-electron chi connectivity index (χ3n) is 3.21. The molecular weight excluding hydrogens is 298 g/mol. The molecule has 0 saturated carbocycles. The second-order valence-corrected chi connectivity index (χ2v) is 4.86. The number of carbonyl (C=O) groups is 1. The first-order valence-electron chi connectivity index (χ1n) is 6.68. The molecule has 118 valence electrons. The maximum absolute atomic E-state index is 11.9. The van der Waals surface area contributed by atoms with E-state index in [4.69, 9.17) is 0 Å². The van der Waals surface area contributed by atoms with Crippen LogP contribution in [-0.4, -0.2) is 15.9 Å². The van der Waals surface area contributed by atoms with Crippen molar-refractivity contribution in [1.82, 2.24) is 10.9 Å². The number of benzene rings is 2. The smallest absolute Gasteiger partial charge is 0.272 e. The van der Waals surface area contributed by atoms with E-state index in [0.29, 0.717) is 22.4 Å². The van der Waals surface area contributed by atoms with Crippen molar-refractivity contribution in [1.29, 1.82) is 0 Å². The largest absolute Gasteiger partial charge is 0.508 e. The quantitative estimate of drug-likeness (QED) is 0.581. The number of aromatic hydroxyl groups is 1. The molecule has 0 atom stereocenters. The zero-order chi connectivity index (χ0) is 17.0. The topological polar surface area (TPSA) is 104 Å². The molecule has 2 aromatic rings. The van der Waals surface area contributed by atoms with Gasteiger partial charge >= 0.3 is 0 Å². The van der Waals surface area contributed by atoms with Crippen LogP contribution in [-0.2, 0) is 0 Å². The predicted molar refractivity (Wildman–Crippen MR) is 85.6 cm³/mol. The Kier molecular flexibility index (Phi) is 4.61. The molecule has 0 fully saturated rings. The van der Waals surface area contributed by atoms with Crippen molar-refractivity contribution in [3.05, 3.63) is 75.8 Å². The summed E-state index contributed by atoms with van der Waals surface area (Å²) in [7, 11) is 0. The number of amides is 1. The molecule has 2 aromatic carbocycles. The molecule has 0 heterocycles. The van der Waals surface area contributed by atoms with Crippen LogP contribution in [0, 0.1) is 17.0 Å². The van der Waals surface area contributed by atoms with Gasteiger partial charge in [0.05, 0.1) is 10.6 Å². The molecule has 0 bridgehead atoms. The number of nitro groups is 1. The molecule has 0 aliphatic rings. The lowest BCUT2D eigenvalue weighted by molar-refractivity contribution is -0.385. The summed E-state index contributed by atoms with van der Waals surface area (Å²) in [6.07, 6.45) is 0. The van der Waals surface area contributed by atoms with Crippen molar-refractivity contribution in [2.24, 2.45) is 0 Å². The highest BCUT2D eigenvalue weighted by atomic mass is 16.6. The molecule has 0 saturated heterocycles. The second-order valence-electron chi connectivity index (χ2n) is 4.86. The second kappa shape index (κ2) is 6.61. The van der Waals surface area contributed by atoms with Gasteiger partial charge in [0.25, 0.3) is 11.6 Å². The first-order valence-corrected chi connectivity index (χ1v) is 6.68. The van der Waals surface area contributed by atoms with Crippen LogP contribution in [0.15, 0.2) is 49.0 Å². The minimum Gasteiger partial charge on any atom is -0.508 e. The number of nitrogens with zero attached hydrogens (tertiary/aromatic N) is 1. The molecule has 1 amide bonds. The number of phenolic OH excluding ortho intramolecular Hbond substituents is 1. The summed E-state index contributed by atoms with van der Waals surface area (Å²) >= 11 is 0. The number of hydrogen-bond acceptors (Lipinski definition) is 5. The van der Waals surface area contributed by atoms with E-state index in [1.54, 1.807) is 19.1 Å². The lowest BCUT2D eigenvalue weighted by Crippen LogP contribution is -2.35. The van der Waals surface area contributed by atoms with E-state index in [2.05, 4.69) is 17.4 Å². The van der Waals surface area contributed by atoms with Crippen LogP contribution in [0.5, 0.6) is 5.75 Å². The molecule has 23 heavy (non-hydrogen) atoms. The van der Waals surface area contributed by atoms with E-state index >= 15 is 0 Å².